The van der Waals surface area contributed by atoms with E-state index in [0.717, 1.165) is 16.9 Å². The summed E-state index contributed by atoms with van der Waals surface area (Å²) in [4.78, 5) is 25.5. The fourth-order valence-electron chi connectivity index (χ4n) is 3.99. The number of ketones is 1. The molecule has 0 amide bonds. The van der Waals surface area contributed by atoms with Gasteiger partial charge in [-0.1, -0.05) is 18.2 Å². The van der Waals surface area contributed by atoms with E-state index in [0.29, 0.717) is 28.4 Å². The molecule has 0 radical (unpaired) electrons. The lowest BCUT2D eigenvalue weighted by Crippen LogP contribution is -2.18. The summed E-state index contributed by atoms with van der Waals surface area (Å²) in [5, 5.41) is 0. The first-order valence-corrected chi connectivity index (χ1v) is 10.7. The Morgan fingerprint density at radius 1 is 0.971 bits per heavy atom. The van der Waals surface area contributed by atoms with E-state index in [2.05, 4.69) is 0 Å². The highest BCUT2D eigenvalue weighted by molar-refractivity contribution is 6.12. The van der Waals surface area contributed by atoms with Crippen molar-refractivity contribution >= 4 is 17.8 Å². The van der Waals surface area contributed by atoms with E-state index in [1.54, 1.807) is 36.4 Å². The summed E-state index contributed by atoms with van der Waals surface area (Å²) < 4.78 is 27.8. The van der Waals surface area contributed by atoms with E-state index in [1.165, 1.54) is 6.07 Å². The molecular weight excluding hydrogens is 436 g/mol. The monoisotopic (exact) mass is 454 g/mol. The van der Waals surface area contributed by atoms with Crippen molar-refractivity contribution in [2.24, 2.45) is 0 Å². The van der Waals surface area contributed by atoms with Gasteiger partial charge in [0.25, 0.3) is 0 Å². The first kappa shape index (κ1) is 20.1. The van der Waals surface area contributed by atoms with E-state index >= 15 is 0 Å². The maximum atomic E-state index is 12.9. The van der Waals surface area contributed by atoms with Crippen molar-refractivity contribution < 1.29 is 33.3 Å². The number of para-hydroxylation sites is 1. The summed E-state index contributed by atoms with van der Waals surface area (Å²) >= 11 is 0. The van der Waals surface area contributed by atoms with Crippen LogP contribution in [0.2, 0.25) is 0 Å². The first-order chi connectivity index (χ1) is 16.5. The molecule has 0 N–H and O–H groups in total. The Balaban J connectivity index is 1.22. The average molecular weight is 454 g/mol. The molecule has 0 saturated carbocycles. The molecule has 6 rings (SSSR count). The van der Waals surface area contributed by atoms with E-state index in [9.17, 15) is 9.59 Å². The molecule has 0 fully saturated rings. The van der Waals surface area contributed by atoms with Gasteiger partial charge in [0.15, 0.2) is 17.3 Å². The lowest BCUT2D eigenvalue weighted by molar-refractivity contribution is 0.0734. The third-order valence-electron chi connectivity index (χ3n) is 5.77. The second-order valence-electron chi connectivity index (χ2n) is 8.00. The molecule has 1 unspecified atom stereocenters. The summed E-state index contributed by atoms with van der Waals surface area (Å²) in [6, 6.07) is 17.2. The molecule has 3 aliphatic rings. The van der Waals surface area contributed by atoms with Crippen LogP contribution in [0.3, 0.4) is 0 Å². The predicted molar refractivity (Wildman–Crippen MR) is 122 cm³/mol. The number of Topliss-reactive ketones (excluding diaryl/α,β-unsaturated/α-hetero) is 1. The van der Waals surface area contributed by atoms with Gasteiger partial charge in [0.1, 0.15) is 23.4 Å². The van der Waals surface area contributed by atoms with Gasteiger partial charge in [0.2, 0.25) is 12.6 Å². The number of ether oxygens (including phenoxy) is 5. The molecule has 1 atom stereocenters. The third-order valence-corrected chi connectivity index (χ3v) is 5.77. The van der Waals surface area contributed by atoms with Crippen molar-refractivity contribution in [2.75, 3.05) is 6.79 Å². The molecule has 3 aliphatic heterocycles. The van der Waals surface area contributed by atoms with Gasteiger partial charge in [-0.05, 0) is 61.0 Å². The zero-order valence-corrected chi connectivity index (χ0v) is 18.1. The minimum atomic E-state index is -0.560. The Hall–Kier alpha value is -4.52. The third kappa shape index (κ3) is 3.47. The summed E-state index contributed by atoms with van der Waals surface area (Å²) in [7, 11) is 0. The fraction of sp³-hybridized carbons (Fsp3) is 0.111. The van der Waals surface area contributed by atoms with Gasteiger partial charge in [0.05, 0.1) is 11.1 Å². The second kappa shape index (κ2) is 7.81. The minimum Gasteiger partial charge on any atom is -0.485 e. The Morgan fingerprint density at radius 2 is 1.82 bits per heavy atom. The maximum Gasteiger partial charge on any atom is 0.343 e. The van der Waals surface area contributed by atoms with Crippen LogP contribution in [-0.2, 0) is 0 Å². The normalized spacial score (nSPS) is 18.5. The van der Waals surface area contributed by atoms with Gasteiger partial charge in [-0.25, -0.2) is 4.79 Å². The molecule has 3 aromatic carbocycles. The SMILES string of the molecule is CC1Oc2ccccc2C=C1C=C1Oc2cc(OC(=O)c3ccc4c(c3)OCO4)ccc2C1=O. The summed E-state index contributed by atoms with van der Waals surface area (Å²) in [6.07, 6.45) is 3.44. The summed E-state index contributed by atoms with van der Waals surface area (Å²) in [5.41, 5.74) is 2.48. The molecule has 0 aliphatic carbocycles. The van der Waals surface area contributed by atoms with Crippen LogP contribution in [0.1, 0.15) is 33.2 Å². The summed E-state index contributed by atoms with van der Waals surface area (Å²) in [6.45, 7) is 2.04. The van der Waals surface area contributed by atoms with E-state index in [4.69, 9.17) is 23.7 Å². The van der Waals surface area contributed by atoms with Gasteiger partial charge in [-0.15, -0.1) is 0 Å². The van der Waals surface area contributed by atoms with Gasteiger partial charge >= 0.3 is 5.97 Å². The number of hydrogen-bond acceptors (Lipinski definition) is 7. The number of hydrogen-bond donors (Lipinski definition) is 0. The largest absolute Gasteiger partial charge is 0.485 e. The molecule has 0 saturated heterocycles. The average Bonchev–Trinajstić information content (AvgIpc) is 3.43. The number of carbonyl (C=O) groups is 2. The van der Waals surface area contributed by atoms with Gasteiger partial charge in [-0.3, -0.25) is 4.79 Å². The fourth-order valence-corrected chi connectivity index (χ4v) is 3.99. The van der Waals surface area contributed by atoms with E-state index in [-0.39, 0.29) is 30.2 Å². The van der Waals surface area contributed by atoms with Crippen LogP contribution in [-0.4, -0.2) is 24.6 Å². The first-order valence-electron chi connectivity index (χ1n) is 10.7. The standard InChI is InChI=1S/C27H18O7/c1-15-18(10-16-4-2-3-5-21(16)32-15)12-25-26(28)20-8-7-19(13-23(20)34-25)33-27(29)17-6-9-22-24(11-17)31-14-30-22/h2-13,15H,14H2,1H3. The van der Waals surface area contributed by atoms with Gasteiger partial charge in [-0.2, -0.15) is 0 Å². The molecule has 168 valence electrons. The van der Waals surface area contributed by atoms with E-state index < -0.39 is 5.97 Å². The van der Waals surface area contributed by atoms with Crippen LogP contribution in [0.25, 0.3) is 6.08 Å². The van der Waals surface area contributed by atoms with Crippen LogP contribution >= 0.6 is 0 Å². The molecule has 7 heteroatoms. The molecule has 3 aromatic rings. The molecule has 0 bridgehead atoms. The van der Waals surface area contributed by atoms with Crippen molar-refractivity contribution in [3.8, 4) is 28.7 Å². The Kier molecular flexibility index (Phi) is 4.62. The molecule has 7 nitrogen and oxygen atoms in total. The van der Waals surface area contributed by atoms with Crippen molar-refractivity contribution in [1.29, 1.82) is 0 Å². The van der Waals surface area contributed by atoms with Gasteiger partial charge in [0, 0.05) is 11.6 Å². The number of benzene rings is 3. The lowest BCUT2D eigenvalue weighted by Gasteiger charge is -2.22. The lowest BCUT2D eigenvalue weighted by atomic mass is 10.0. The zero-order chi connectivity index (χ0) is 23.2. The molecular formula is C27H18O7. The van der Waals surface area contributed by atoms with Crippen molar-refractivity contribution in [1.82, 2.24) is 0 Å². The topological polar surface area (TPSA) is 80.3 Å². The Bertz CT molecular complexity index is 1420. The highest BCUT2D eigenvalue weighted by atomic mass is 16.7. The molecule has 0 spiro atoms. The smallest absolute Gasteiger partial charge is 0.343 e. The number of rotatable bonds is 3. The highest BCUT2D eigenvalue weighted by Gasteiger charge is 2.30. The number of esters is 1. The van der Waals surface area contributed by atoms with Gasteiger partial charge < -0.3 is 23.7 Å². The summed E-state index contributed by atoms with van der Waals surface area (Å²) in [5.74, 6) is 1.85. The van der Waals surface area contributed by atoms with Crippen LogP contribution in [0.15, 0.2) is 78.1 Å². The predicted octanol–water partition coefficient (Wildman–Crippen LogP) is 4.96. The van der Waals surface area contributed by atoms with Crippen molar-refractivity contribution in [3.05, 3.63) is 94.8 Å². The van der Waals surface area contributed by atoms with Crippen LogP contribution in [0.5, 0.6) is 28.7 Å². The van der Waals surface area contributed by atoms with Crippen LogP contribution < -0.4 is 23.7 Å². The minimum absolute atomic E-state index is 0.119. The maximum absolute atomic E-state index is 12.9. The molecule has 3 heterocycles. The molecule has 34 heavy (non-hydrogen) atoms. The Morgan fingerprint density at radius 3 is 2.74 bits per heavy atom. The van der Waals surface area contributed by atoms with Crippen molar-refractivity contribution in [3.63, 3.8) is 0 Å². The van der Waals surface area contributed by atoms with Crippen LogP contribution in [0, 0.1) is 0 Å². The zero-order valence-electron chi connectivity index (χ0n) is 18.1. The quantitative estimate of drug-likeness (QED) is 0.314. The van der Waals surface area contributed by atoms with Crippen LogP contribution in [0.4, 0.5) is 0 Å². The molecule has 0 aromatic heterocycles. The van der Waals surface area contributed by atoms with E-state index in [1.807, 2.05) is 37.3 Å². The number of allylic oxidation sites excluding steroid dienone is 1. The highest BCUT2D eigenvalue weighted by Crippen LogP contribution is 2.37. The van der Waals surface area contributed by atoms with Crippen molar-refractivity contribution in [2.45, 2.75) is 13.0 Å². The second-order valence-corrected chi connectivity index (χ2v) is 8.00. The number of fused-ring (bicyclic) bond motifs is 3. The Labute approximate surface area is 194 Å². The number of carbonyl (C=O) groups excluding carboxylic acids is 2.